The maximum Gasteiger partial charge on any atom is 0.252 e. The minimum atomic E-state index is -0.352. The van der Waals surface area contributed by atoms with Gasteiger partial charge in [0.05, 0.1) is 6.61 Å². The number of aromatic nitrogens is 2. The Morgan fingerprint density at radius 3 is 2.82 bits per heavy atom. The first kappa shape index (κ1) is 12.5. The van der Waals surface area contributed by atoms with Crippen molar-refractivity contribution in [2.24, 2.45) is 5.73 Å². The summed E-state index contributed by atoms with van der Waals surface area (Å²) in [6, 6.07) is 0. The van der Waals surface area contributed by atoms with Gasteiger partial charge >= 0.3 is 0 Å². The maximum atomic E-state index is 5.58. The van der Waals surface area contributed by atoms with Crippen molar-refractivity contribution in [1.82, 2.24) is 10.1 Å². The highest BCUT2D eigenvalue weighted by Gasteiger charge is 2.40. The van der Waals surface area contributed by atoms with Crippen molar-refractivity contribution in [3.8, 4) is 0 Å². The van der Waals surface area contributed by atoms with E-state index in [0.29, 0.717) is 31.5 Å². The molecule has 0 bridgehead atoms. The van der Waals surface area contributed by atoms with Crippen molar-refractivity contribution in [3.05, 3.63) is 11.7 Å². The van der Waals surface area contributed by atoms with E-state index in [1.165, 1.54) is 0 Å². The van der Waals surface area contributed by atoms with Crippen molar-refractivity contribution >= 4 is 0 Å². The molecule has 6 nitrogen and oxygen atoms in total. The van der Waals surface area contributed by atoms with Crippen LogP contribution in [0.2, 0.25) is 0 Å². The molecule has 2 N–H and O–H groups in total. The monoisotopic (exact) mass is 241 g/mol. The van der Waals surface area contributed by atoms with Gasteiger partial charge in [0.25, 0.3) is 5.89 Å². The van der Waals surface area contributed by atoms with Crippen molar-refractivity contribution in [1.29, 1.82) is 0 Å². The summed E-state index contributed by atoms with van der Waals surface area (Å²) >= 11 is 0. The molecular weight excluding hydrogens is 222 g/mol. The molecule has 0 spiro atoms. The summed E-state index contributed by atoms with van der Waals surface area (Å²) < 4.78 is 16.0. The molecule has 0 amide bonds. The second-order valence-electron chi connectivity index (χ2n) is 4.26. The molecule has 96 valence electrons. The second kappa shape index (κ2) is 5.57. The number of hydrogen-bond donors (Lipinski definition) is 1. The summed E-state index contributed by atoms with van der Waals surface area (Å²) in [7, 11) is 1.70. The minimum absolute atomic E-state index is 0.310. The molecule has 1 aromatic heterocycles. The zero-order chi connectivity index (χ0) is 12.1. The first-order chi connectivity index (χ1) is 8.30. The zero-order valence-corrected chi connectivity index (χ0v) is 10.1. The molecule has 0 aromatic carbocycles. The van der Waals surface area contributed by atoms with Gasteiger partial charge in [0.2, 0.25) is 5.82 Å². The van der Waals surface area contributed by atoms with Gasteiger partial charge in [0.1, 0.15) is 12.2 Å². The predicted octanol–water partition coefficient (Wildman–Crippen LogP) is 0.961. The molecule has 0 atom stereocenters. The SMILES string of the molecule is COC1(c2noc(COCCN)n2)CCCC1. The van der Waals surface area contributed by atoms with Crippen LogP contribution in [0.15, 0.2) is 4.52 Å². The van der Waals surface area contributed by atoms with Gasteiger partial charge in [-0.15, -0.1) is 0 Å². The van der Waals surface area contributed by atoms with Crippen LogP contribution in [0.25, 0.3) is 0 Å². The number of hydrogen-bond acceptors (Lipinski definition) is 6. The summed E-state index contributed by atoms with van der Waals surface area (Å²) in [6.07, 6.45) is 4.18. The Morgan fingerprint density at radius 1 is 1.41 bits per heavy atom. The average Bonchev–Trinajstić information content (AvgIpc) is 2.98. The highest BCUT2D eigenvalue weighted by molar-refractivity contribution is 5.04. The van der Waals surface area contributed by atoms with Crippen LogP contribution in [0.5, 0.6) is 0 Å². The molecule has 0 radical (unpaired) electrons. The number of rotatable bonds is 6. The lowest BCUT2D eigenvalue weighted by atomic mass is 10.0. The van der Waals surface area contributed by atoms with Gasteiger partial charge in [-0.05, 0) is 25.7 Å². The molecule has 6 heteroatoms. The minimum Gasteiger partial charge on any atom is -0.370 e. The summed E-state index contributed by atoms with van der Waals surface area (Å²) in [5, 5.41) is 4.00. The topological polar surface area (TPSA) is 83.4 Å². The molecule has 2 rings (SSSR count). The molecule has 0 saturated heterocycles. The number of methoxy groups -OCH3 is 1. The van der Waals surface area contributed by atoms with E-state index in [1.54, 1.807) is 7.11 Å². The van der Waals surface area contributed by atoms with Crippen LogP contribution < -0.4 is 5.73 Å². The van der Waals surface area contributed by atoms with E-state index < -0.39 is 0 Å². The Bertz CT molecular complexity index is 347. The second-order valence-corrected chi connectivity index (χ2v) is 4.26. The van der Waals surface area contributed by atoms with Crippen LogP contribution >= 0.6 is 0 Å². The van der Waals surface area contributed by atoms with Crippen LogP contribution in [0.4, 0.5) is 0 Å². The first-order valence-electron chi connectivity index (χ1n) is 5.97. The van der Waals surface area contributed by atoms with Gasteiger partial charge in [0.15, 0.2) is 0 Å². The molecule has 1 fully saturated rings. The standard InChI is InChI=1S/C11H19N3O3/c1-15-11(4-2-3-5-11)10-13-9(17-14-10)8-16-7-6-12/h2-8,12H2,1H3. The fourth-order valence-corrected chi connectivity index (χ4v) is 2.21. The lowest BCUT2D eigenvalue weighted by molar-refractivity contribution is -0.0178. The van der Waals surface area contributed by atoms with Crippen molar-refractivity contribution in [2.75, 3.05) is 20.3 Å². The molecule has 0 unspecified atom stereocenters. The number of ether oxygens (including phenoxy) is 2. The average molecular weight is 241 g/mol. The van der Waals surface area contributed by atoms with Gasteiger partial charge < -0.3 is 19.7 Å². The van der Waals surface area contributed by atoms with Gasteiger partial charge in [0, 0.05) is 13.7 Å². The summed E-state index contributed by atoms with van der Waals surface area (Å²) in [6.45, 7) is 1.29. The molecule has 0 aliphatic heterocycles. The lowest BCUT2D eigenvalue weighted by Crippen LogP contribution is -2.26. The van der Waals surface area contributed by atoms with Crippen molar-refractivity contribution in [3.63, 3.8) is 0 Å². The van der Waals surface area contributed by atoms with Gasteiger partial charge in [-0.1, -0.05) is 5.16 Å². The Morgan fingerprint density at radius 2 is 2.18 bits per heavy atom. The molecule has 1 saturated carbocycles. The van der Waals surface area contributed by atoms with E-state index in [0.717, 1.165) is 25.7 Å². The largest absolute Gasteiger partial charge is 0.370 e. The Kier molecular flexibility index (Phi) is 4.09. The predicted molar refractivity (Wildman–Crippen MR) is 60.2 cm³/mol. The van der Waals surface area contributed by atoms with Gasteiger partial charge in [-0.2, -0.15) is 4.98 Å². The third kappa shape index (κ3) is 2.65. The smallest absolute Gasteiger partial charge is 0.252 e. The van der Waals surface area contributed by atoms with Crippen LogP contribution in [0, 0.1) is 0 Å². The Hall–Kier alpha value is -0.980. The van der Waals surface area contributed by atoms with E-state index in [2.05, 4.69) is 10.1 Å². The molecule has 1 aromatic rings. The molecule has 17 heavy (non-hydrogen) atoms. The van der Waals surface area contributed by atoms with Crippen LogP contribution in [0.3, 0.4) is 0 Å². The Labute approximate surface area is 100 Å². The number of nitrogens with two attached hydrogens (primary N) is 1. The zero-order valence-electron chi connectivity index (χ0n) is 10.1. The van der Waals surface area contributed by atoms with E-state index >= 15 is 0 Å². The lowest BCUT2D eigenvalue weighted by Gasteiger charge is -2.22. The molecule has 1 aliphatic rings. The molecular formula is C11H19N3O3. The fourth-order valence-electron chi connectivity index (χ4n) is 2.21. The quantitative estimate of drug-likeness (QED) is 0.747. The summed E-state index contributed by atoms with van der Waals surface area (Å²) in [5.41, 5.74) is 4.98. The molecule has 1 heterocycles. The van der Waals surface area contributed by atoms with E-state index in [9.17, 15) is 0 Å². The maximum absolute atomic E-state index is 5.58. The van der Waals surface area contributed by atoms with E-state index in [1.807, 2.05) is 0 Å². The van der Waals surface area contributed by atoms with Crippen LogP contribution in [-0.2, 0) is 21.7 Å². The van der Waals surface area contributed by atoms with E-state index in [4.69, 9.17) is 19.7 Å². The third-order valence-electron chi connectivity index (χ3n) is 3.17. The van der Waals surface area contributed by atoms with Crippen LogP contribution in [0.1, 0.15) is 37.4 Å². The number of nitrogens with zero attached hydrogens (tertiary/aromatic N) is 2. The summed E-state index contributed by atoms with van der Waals surface area (Å²) in [4.78, 5) is 4.34. The normalized spacial score (nSPS) is 18.7. The third-order valence-corrected chi connectivity index (χ3v) is 3.17. The fraction of sp³-hybridized carbons (Fsp3) is 0.818. The Balaban J connectivity index is 2.01. The van der Waals surface area contributed by atoms with Gasteiger partial charge in [-0.3, -0.25) is 0 Å². The van der Waals surface area contributed by atoms with Crippen molar-refractivity contribution in [2.45, 2.75) is 37.9 Å². The highest BCUT2D eigenvalue weighted by atomic mass is 16.5. The first-order valence-corrected chi connectivity index (χ1v) is 5.97. The summed E-state index contributed by atoms with van der Waals surface area (Å²) in [5.74, 6) is 1.13. The van der Waals surface area contributed by atoms with Gasteiger partial charge in [-0.25, -0.2) is 0 Å². The van der Waals surface area contributed by atoms with E-state index in [-0.39, 0.29) is 5.60 Å². The van der Waals surface area contributed by atoms with Crippen molar-refractivity contribution < 1.29 is 14.0 Å². The highest BCUT2D eigenvalue weighted by Crippen LogP contribution is 2.40. The molecule has 1 aliphatic carbocycles. The van der Waals surface area contributed by atoms with Crippen LogP contribution in [-0.4, -0.2) is 30.4 Å².